The molecule has 0 saturated heterocycles. The molecule has 3 rings (SSSR count). The van der Waals surface area contributed by atoms with Crippen molar-refractivity contribution >= 4 is 46.8 Å². The molecule has 0 radical (unpaired) electrons. The number of ether oxygens (including phenoxy) is 1. The van der Waals surface area contributed by atoms with Crippen LogP contribution in [-0.2, 0) is 9.53 Å². The highest BCUT2D eigenvalue weighted by molar-refractivity contribution is 6.36. The molecule has 1 aromatic heterocycles. The normalized spacial score (nSPS) is 10.7. The zero-order valence-electron chi connectivity index (χ0n) is 16.6. The highest BCUT2D eigenvalue weighted by atomic mass is 35.5. The zero-order valence-corrected chi connectivity index (χ0v) is 18.8. The van der Waals surface area contributed by atoms with Crippen molar-refractivity contribution in [1.82, 2.24) is 20.3 Å². The predicted molar refractivity (Wildman–Crippen MR) is 121 cm³/mol. The Morgan fingerprint density at radius 1 is 1.00 bits per heavy atom. The highest BCUT2D eigenvalue weighted by Gasteiger charge is 2.21. The van der Waals surface area contributed by atoms with Gasteiger partial charge in [0.1, 0.15) is 17.9 Å². The summed E-state index contributed by atoms with van der Waals surface area (Å²) in [7, 11) is 0. The van der Waals surface area contributed by atoms with Gasteiger partial charge in [0.25, 0.3) is 0 Å². The van der Waals surface area contributed by atoms with Gasteiger partial charge in [0.15, 0.2) is 0 Å². The van der Waals surface area contributed by atoms with Crippen molar-refractivity contribution in [1.29, 1.82) is 0 Å². The summed E-state index contributed by atoms with van der Waals surface area (Å²) in [5.74, 6) is -0.534. The first kappa shape index (κ1) is 23.1. The van der Waals surface area contributed by atoms with E-state index in [1.54, 1.807) is 42.5 Å². The van der Waals surface area contributed by atoms with Crippen molar-refractivity contribution < 1.29 is 14.3 Å². The van der Waals surface area contributed by atoms with Crippen LogP contribution in [0.4, 0.5) is 4.79 Å². The molecule has 2 aromatic carbocycles. The van der Waals surface area contributed by atoms with Crippen molar-refractivity contribution in [3.63, 3.8) is 0 Å². The molecule has 0 aliphatic rings. The lowest BCUT2D eigenvalue weighted by Gasteiger charge is -2.05. The van der Waals surface area contributed by atoms with Gasteiger partial charge < -0.3 is 10.1 Å². The van der Waals surface area contributed by atoms with Crippen LogP contribution in [-0.4, -0.2) is 40.1 Å². The number of rotatable bonds is 7. The van der Waals surface area contributed by atoms with Gasteiger partial charge in [0, 0.05) is 21.2 Å². The highest BCUT2D eigenvalue weighted by Crippen LogP contribution is 2.35. The Morgan fingerprint density at radius 3 is 2.35 bits per heavy atom. The number of unbranched alkanes of at least 4 members (excludes halogenated alkanes) is 1. The van der Waals surface area contributed by atoms with Crippen molar-refractivity contribution in [2.24, 2.45) is 0 Å². The number of carbonyl (C=O) groups excluding carboxylic acids is 2. The van der Waals surface area contributed by atoms with Gasteiger partial charge in [-0.3, -0.25) is 4.79 Å². The molecule has 0 saturated carbocycles. The third kappa shape index (κ3) is 5.97. The summed E-state index contributed by atoms with van der Waals surface area (Å²) in [4.78, 5) is 25.2. The van der Waals surface area contributed by atoms with E-state index < -0.39 is 12.0 Å². The minimum absolute atomic E-state index is 0.294. The van der Waals surface area contributed by atoms with Crippen molar-refractivity contribution in [3.8, 4) is 22.5 Å². The van der Waals surface area contributed by atoms with Crippen LogP contribution in [0, 0.1) is 0 Å². The third-order valence-electron chi connectivity index (χ3n) is 4.24. The SMILES string of the molecule is CCCCOC(=O)CNC(=O)n1nc(-c2ccc(Cl)cc2)c(-c2ccc(Cl)cc2Cl)n1. The Morgan fingerprint density at radius 2 is 1.68 bits per heavy atom. The summed E-state index contributed by atoms with van der Waals surface area (Å²) in [5, 5.41) is 12.4. The second kappa shape index (κ2) is 10.6. The van der Waals surface area contributed by atoms with E-state index in [1.165, 1.54) is 0 Å². The topological polar surface area (TPSA) is 86.1 Å². The summed E-state index contributed by atoms with van der Waals surface area (Å²) in [6, 6.07) is 11.2. The van der Waals surface area contributed by atoms with E-state index >= 15 is 0 Å². The number of halogens is 3. The van der Waals surface area contributed by atoms with Crippen LogP contribution in [0.15, 0.2) is 42.5 Å². The maximum absolute atomic E-state index is 12.5. The van der Waals surface area contributed by atoms with Crippen LogP contribution >= 0.6 is 34.8 Å². The minimum Gasteiger partial charge on any atom is -0.464 e. The molecule has 0 aliphatic heterocycles. The first-order valence-electron chi connectivity index (χ1n) is 9.51. The fraction of sp³-hybridized carbons (Fsp3) is 0.238. The predicted octanol–water partition coefficient (Wildman–Crippen LogP) is 5.47. The third-order valence-corrected chi connectivity index (χ3v) is 5.04. The van der Waals surface area contributed by atoms with Crippen LogP contribution in [0.2, 0.25) is 15.1 Å². The largest absolute Gasteiger partial charge is 0.464 e. The number of benzene rings is 2. The molecule has 1 heterocycles. The number of hydrogen-bond acceptors (Lipinski definition) is 5. The minimum atomic E-state index is -0.681. The van der Waals surface area contributed by atoms with Gasteiger partial charge in [0.05, 0.1) is 11.6 Å². The van der Waals surface area contributed by atoms with E-state index in [2.05, 4.69) is 15.5 Å². The number of aromatic nitrogens is 3. The molecule has 0 spiro atoms. The first-order valence-corrected chi connectivity index (χ1v) is 10.6. The average molecular weight is 482 g/mol. The van der Waals surface area contributed by atoms with E-state index in [0.717, 1.165) is 17.6 Å². The Labute approximate surface area is 194 Å². The molecule has 162 valence electrons. The number of nitrogens with one attached hydrogen (secondary N) is 1. The second-order valence-corrected chi connectivity index (χ2v) is 7.83. The van der Waals surface area contributed by atoms with Crippen LogP contribution in [0.25, 0.3) is 22.5 Å². The molecule has 0 unspecified atom stereocenters. The van der Waals surface area contributed by atoms with E-state index in [-0.39, 0.29) is 6.54 Å². The quantitative estimate of drug-likeness (QED) is 0.357. The number of amides is 1. The number of carbonyl (C=O) groups is 2. The summed E-state index contributed by atoms with van der Waals surface area (Å²) in [6.07, 6.45) is 1.66. The Balaban J connectivity index is 1.89. The van der Waals surface area contributed by atoms with Crippen LogP contribution in [0.3, 0.4) is 0 Å². The molecular formula is C21H19Cl3N4O3. The fourth-order valence-electron chi connectivity index (χ4n) is 2.66. The number of esters is 1. The molecule has 3 aromatic rings. The average Bonchev–Trinajstić information content (AvgIpc) is 3.18. The molecule has 10 heteroatoms. The van der Waals surface area contributed by atoms with Crippen molar-refractivity contribution in [2.45, 2.75) is 19.8 Å². The zero-order chi connectivity index (χ0) is 22.4. The van der Waals surface area contributed by atoms with Gasteiger partial charge in [-0.2, -0.15) is 0 Å². The second-order valence-electron chi connectivity index (χ2n) is 6.55. The first-order chi connectivity index (χ1) is 14.9. The van der Waals surface area contributed by atoms with E-state index in [9.17, 15) is 9.59 Å². The number of hydrogen-bond donors (Lipinski definition) is 1. The lowest BCUT2D eigenvalue weighted by Crippen LogP contribution is -2.35. The van der Waals surface area contributed by atoms with Gasteiger partial charge in [-0.05, 0) is 36.8 Å². The van der Waals surface area contributed by atoms with Crippen LogP contribution in [0.5, 0.6) is 0 Å². The van der Waals surface area contributed by atoms with Crippen molar-refractivity contribution in [3.05, 3.63) is 57.5 Å². The van der Waals surface area contributed by atoms with Crippen LogP contribution in [0.1, 0.15) is 19.8 Å². The maximum atomic E-state index is 12.5. The molecule has 1 amide bonds. The van der Waals surface area contributed by atoms with Crippen molar-refractivity contribution in [2.75, 3.05) is 13.2 Å². The molecular weight excluding hydrogens is 463 g/mol. The Bertz CT molecular complexity index is 1080. The molecule has 0 atom stereocenters. The van der Waals surface area contributed by atoms with E-state index in [0.29, 0.717) is 44.2 Å². The standard InChI is InChI=1S/C21H19Cl3N4O3/c1-2-3-10-31-18(29)12-25-21(30)28-26-19(13-4-6-14(22)7-5-13)20(27-28)16-9-8-15(23)11-17(16)24/h4-9,11H,2-3,10,12H2,1H3,(H,25,30). The van der Waals surface area contributed by atoms with Gasteiger partial charge in [-0.15, -0.1) is 10.2 Å². The fourth-order valence-corrected chi connectivity index (χ4v) is 3.29. The molecule has 1 N–H and O–H groups in total. The monoisotopic (exact) mass is 480 g/mol. The summed E-state index contributed by atoms with van der Waals surface area (Å²) in [6.45, 7) is 2.00. The summed E-state index contributed by atoms with van der Waals surface area (Å²) in [5.41, 5.74) is 2.03. The molecule has 7 nitrogen and oxygen atoms in total. The molecule has 0 fully saturated rings. The lowest BCUT2D eigenvalue weighted by molar-refractivity contribution is -0.142. The van der Waals surface area contributed by atoms with E-state index in [1.807, 2.05) is 6.92 Å². The molecule has 0 bridgehead atoms. The molecule has 0 aliphatic carbocycles. The maximum Gasteiger partial charge on any atom is 0.359 e. The summed E-state index contributed by atoms with van der Waals surface area (Å²) < 4.78 is 5.03. The molecule has 31 heavy (non-hydrogen) atoms. The van der Waals surface area contributed by atoms with Crippen LogP contribution < -0.4 is 5.32 Å². The smallest absolute Gasteiger partial charge is 0.359 e. The Hall–Kier alpha value is -2.61. The van der Waals surface area contributed by atoms with Gasteiger partial charge in [-0.1, -0.05) is 65.1 Å². The Kier molecular flexibility index (Phi) is 7.90. The van der Waals surface area contributed by atoms with E-state index in [4.69, 9.17) is 39.5 Å². The van der Waals surface area contributed by atoms with Gasteiger partial charge in [-0.25, -0.2) is 4.79 Å². The van der Waals surface area contributed by atoms with Gasteiger partial charge >= 0.3 is 12.0 Å². The lowest BCUT2D eigenvalue weighted by atomic mass is 10.1. The number of nitrogens with zero attached hydrogens (tertiary/aromatic N) is 3. The summed E-state index contributed by atoms with van der Waals surface area (Å²) >= 11 is 18.3. The van der Waals surface area contributed by atoms with Gasteiger partial charge in [0.2, 0.25) is 0 Å².